The number of carbonyl (C=O) groups excluding carboxylic acids is 2. The molecule has 49 heavy (non-hydrogen) atoms. The van der Waals surface area contributed by atoms with Gasteiger partial charge in [0.25, 0.3) is 0 Å². The Hall–Kier alpha value is -2.84. The van der Waals surface area contributed by atoms with Gasteiger partial charge in [-0.1, -0.05) is 95.7 Å². The van der Waals surface area contributed by atoms with Crippen molar-refractivity contribution < 1.29 is 23.8 Å². The molecule has 0 amide bonds. The number of carbonyl (C=O) groups is 2. The molecule has 0 bridgehead atoms. The molecule has 2 rings (SSSR count). The minimum atomic E-state index is -0.747. The van der Waals surface area contributed by atoms with Crippen LogP contribution in [0.25, 0.3) is 0 Å². The highest BCUT2D eigenvalue weighted by atomic mass is 16.7. The number of hydrogen-bond donors (Lipinski definition) is 0. The van der Waals surface area contributed by atoms with Gasteiger partial charge in [-0.2, -0.15) is 0 Å². The molecule has 0 aliphatic heterocycles. The van der Waals surface area contributed by atoms with Crippen molar-refractivity contribution in [2.45, 2.75) is 125 Å². The molecule has 0 spiro atoms. The fourth-order valence-corrected chi connectivity index (χ4v) is 3.73. The van der Waals surface area contributed by atoms with E-state index in [0.717, 1.165) is 13.0 Å². The first-order chi connectivity index (χ1) is 20.2. The van der Waals surface area contributed by atoms with Crippen LogP contribution in [-0.4, -0.2) is 87.6 Å². The van der Waals surface area contributed by atoms with Gasteiger partial charge in [-0.25, -0.2) is 4.79 Å². The number of nitrogens with zero attached hydrogens (tertiary/aromatic N) is 3. The Labute approximate surface area is 307 Å². The predicted molar refractivity (Wildman–Crippen MR) is 220 cm³/mol. The minimum absolute atomic E-state index is 0. The standard InChI is InChI=1S/C19H28O5.C7H11N.C5H13N.C4H11N.6CH4/c1-5-15(16-10-8-7-9-11-16)14-19(3,4)17(20)23-12-13-24-18(21)22-6-2;1-6-4-5-7(2)8(6)3;1-4-5-6(2)3;1-4-5(2)3;;;;;;/h7-11,15H,5-6,12-14H2,1-4H3;4-5H,1-3H3;4-5H2,1-3H3;4H2,1-3H3;6*1H4. The number of esters is 1. The van der Waals surface area contributed by atoms with E-state index in [2.05, 4.69) is 113 Å². The Morgan fingerprint density at radius 1 is 0.735 bits per heavy atom. The van der Waals surface area contributed by atoms with Crippen LogP contribution in [0.3, 0.4) is 0 Å². The van der Waals surface area contributed by atoms with Gasteiger partial charge in [0, 0.05) is 18.4 Å². The van der Waals surface area contributed by atoms with Crippen LogP contribution in [0.1, 0.15) is 128 Å². The summed E-state index contributed by atoms with van der Waals surface area (Å²) in [6.07, 6.45) is 2.16. The zero-order valence-electron chi connectivity index (χ0n) is 29.7. The largest absolute Gasteiger partial charge is 0.508 e. The normalized spacial score (nSPS) is 9.86. The SMILES string of the molecule is C.C.C.C.C.C.CCCN(C)C.CCN(C)C.CCOC(=O)OCCOC(=O)C(C)(C)CC(CC)c1ccccc1.Cc1ccc(C)n1C. The smallest absolute Gasteiger partial charge is 0.462 e. The molecule has 296 valence electrons. The van der Waals surface area contributed by atoms with Crippen LogP contribution in [-0.2, 0) is 26.1 Å². The summed E-state index contributed by atoms with van der Waals surface area (Å²) in [7, 11) is 10.4. The molecule has 1 unspecified atom stereocenters. The minimum Gasteiger partial charge on any atom is -0.462 e. The zero-order chi connectivity index (χ0) is 33.4. The highest BCUT2D eigenvalue weighted by Gasteiger charge is 2.32. The third-order valence-corrected chi connectivity index (χ3v) is 6.80. The zero-order valence-corrected chi connectivity index (χ0v) is 29.7. The molecule has 8 heteroatoms. The third-order valence-electron chi connectivity index (χ3n) is 6.80. The van der Waals surface area contributed by atoms with Crippen LogP contribution >= 0.6 is 0 Å². The van der Waals surface area contributed by atoms with Crippen LogP contribution in [0.4, 0.5) is 4.79 Å². The van der Waals surface area contributed by atoms with Gasteiger partial charge in [0.2, 0.25) is 0 Å². The van der Waals surface area contributed by atoms with E-state index in [1.165, 1.54) is 29.9 Å². The van der Waals surface area contributed by atoms with Gasteiger partial charge in [-0.3, -0.25) is 4.79 Å². The quantitative estimate of drug-likeness (QED) is 0.161. The summed E-state index contributed by atoms with van der Waals surface area (Å²) in [4.78, 5) is 27.7. The Morgan fingerprint density at radius 3 is 1.49 bits per heavy atom. The first-order valence-electron chi connectivity index (χ1n) is 15.6. The molecule has 0 saturated heterocycles. The van der Waals surface area contributed by atoms with Gasteiger partial charge >= 0.3 is 12.1 Å². The average molecular weight is 702 g/mol. The van der Waals surface area contributed by atoms with Crippen LogP contribution in [0, 0.1) is 19.3 Å². The van der Waals surface area contributed by atoms with E-state index in [0.29, 0.717) is 12.3 Å². The van der Waals surface area contributed by atoms with Crippen molar-refractivity contribution in [3.63, 3.8) is 0 Å². The molecule has 0 fully saturated rings. The maximum Gasteiger partial charge on any atom is 0.508 e. The van der Waals surface area contributed by atoms with Gasteiger partial charge in [-0.15, -0.1) is 0 Å². The van der Waals surface area contributed by atoms with Gasteiger partial charge in [-0.05, 0) is 119 Å². The lowest BCUT2D eigenvalue weighted by atomic mass is 9.79. The predicted octanol–water partition coefficient (Wildman–Crippen LogP) is 11.3. The lowest BCUT2D eigenvalue weighted by Crippen LogP contribution is -2.30. The first-order valence-corrected chi connectivity index (χ1v) is 15.6. The van der Waals surface area contributed by atoms with E-state index < -0.39 is 11.6 Å². The molecule has 0 radical (unpaired) electrons. The average Bonchev–Trinajstić information content (AvgIpc) is 3.26. The molecule has 0 N–H and O–H groups in total. The second-order valence-corrected chi connectivity index (χ2v) is 11.6. The highest BCUT2D eigenvalue weighted by molar-refractivity contribution is 5.76. The number of benzene rings is 1. The Kier molecular flexibility index (Phi) is 50.1. The van der Waals surface area contributed by atoms with Crippen molar-refractivity contribution in [2.75, 3.05) is 61.1 Å². The molecular formula is C41H87N3O5. The number of ether oxygens (including phenoxy) is 3. The van der Waals surface area contributed by atoms with Crippen LogP contribution < -0.4 is 0 Å². The van der Waals surface area contributed by atoms with E-state index in [1.807, 2.05) is 32.0 Å². The molecule has 1 heterocycles. The molecular weight excluding hydrogens is 614 g/mol. The summed E-state index contributed by atoms with van der Waals surface area (Å²) >= 11 is 0. The summed E-state index contributed by atoms with van der Waals surface area (Å²) in [5.41, 5.74) is 3.26. The molecule has 0 aliphatic carbocycles. The van der Waals surface area contributed by atoms with Crippen molar-refractivity contribution >= 4 is 12.1 Å². The molecule has 8 nitrogen and oxygen atoms in total. The Bertz CT molecular complexity index is 953. The monoisotopic (exact) mass is 702 g/mol. The fraction of sp³-hybridized carbons (Fsp3) is 0.707. The first kappa shape index (κ1) is 64.6. The van der Waals surface area contributed by atoms with E-state index in [4.69, 9.17) is 9.47 Å². The van der Waals surface area contributed by atoms with Crippen molar-refractivity contribution in [3.05, 3.63) is 59.4 Å². The van der Waals surface area contributed by atoms with Crippen molar-refractivity contribution in [3.8, 4) is 0 Å². The summed E-state index contributed by atoms with van der Waals surface area (Å²) < 4.78 is 16.8. The number of aryl methyl sites for hydroxylation is 2. The van der Waals surface area contributed by atoms with Crippen LogP contribution in [0.2, 0.25) is 0 Å². The lowest BCUT2D eigenvalue weighted by Gasteiger charge is -2.27. The molecule has 1 aromatic carbocycles. The van der Waals surface area contributed by atoms with Crippen LogP contribution in [0.5, 0.6) is 0 Å². The Morgan fingerprint density at radius 2 is 1.18 bits per heavy atom. The van der Waals surface area contributed by atoms with Crippen molar-refractivity contribution in [1.29, 1.82) is 0 Å². The van der Waals surface area contributed by atoms with Gasteiger partial charge < -0.3 is 28.6 Å². The van der Waals surface area contributed by atoms with Gasteiger partial charge in [0.05, 0.1) is 12.0 Å². The number of rotatable bonds is 12. The molecule has 1 aromatic heterocycles. The summed E-state index contributed by atoms with van der Waals surface area (Å²) in [6.45, 7) is 18.7. The van der Waals surface area contributed by atoms with Gasteiger partial charge in [0.1, 0.15) is 13.2 Å². The van der Waals surface area contributed by atoms with Crippen LogP contribution in [0.15, 0.2) is 42.5 Å². The number of aromatic nitrogens is 1. The second kappa shape index (κ2) is 38.0. The highest BCUT2D eigenvalue weighted by Crippen LogP contribution is 2.34. The lowest BCUT2D eigenvalue weighted by molar-refractivity contribution is -0.155. The molecule has 1 atom stereocenters. The molecule has 2 aromatic rings. The topological polar surface area (TPSA) is 73.2 Å². The second-order valence-electron chi connectivity index (χ2n) is 11.6. The summed E-state index contributed by atoms with van der Waals surface area (Å²) in [5.74, 6) is 0.00821. The molecule has 0 aliphatic rings. The van der Waals surface area contributed by atoms with E-state index in [9.17, 15) is 9.59 Å². The van der Waals surface area contributed by atoms with E-state index in [-0.39, 0.29) is 70.3 Å². The molecule has 0 saturated carbocycles. The fourth-order valence-electron chi connectivity index (χ4n) is 3.73. The maximum absolute atomic E-state index is 12.3. The number of hydrogen-bond acceptors (Lipinski definition) is 7. The van der Waals surface area contributed by atoms with E-state index >= 15 is 0 Å². The third kappa shape index (κ3) is 33.4. The summed E-state index contributed by atoms with van der Waals surface area (Å²) in [5, 5.41) is 0. The Balaban J connectivity index is -0.0000000931. The van der Waals surface area contributed by atoms with Crippen molar-refractivity contribution in [2.24, 2.45) is 12.5 Å². The summed E-state index contributed by atoms with van der Waals surface area (Å²) in [6, 6.07) is 14.4. The van der Waals surface area contributed by atoms with E-state index in [1.54, 1.807) is 6.92 Å². The maximum atomic E-state index is 12.3. The van der Waals surface area contributed by atoms with Crippen molar-refractivity contribution in [1.82, 2.24) is 14.4 Å². The van der Waals surface area contributed by atoms with Gasteiger partial charge in [0.15, 0.2) is 0 Å².